The van der Waals surface area contributed by atoms with E-state index in [2.05, 4.69) is 54.7 Å². The van der Waals surface area contributed by atoms with E-state index in [1.807, 2.05) is 43.3 Å². The van der Waals surface area contributed by atoms with Crippen LogP contribution in [-0.4, -0.2) is 61.1 Å². The molecule has 1 N–H and O–H groups in total. The summed E-state index contributed by atoms with van der Waals surface area (Å²) < 4.78 is 41.5. The monoisotopic (exact) mass is 528 g/mol. The second-order valence-corrected chi connectivity index (χ2v) is 11.1. The Labute approximate surface area is 224 Å². The van der Waals surface area contributed by atoms with Gasteiger partial charge in [-0.1, -0.05) is 50.2 Å². The maximum atomic E-state index is 13.2. The lowest BCUT2D eigenvalue weighted by molar-refractivity contribution is -0.137. The van der Waals surface area contributed by atoms with Crippen LogP contribution in [-0.2, 0) is 12.7 Å². The Hall–Kier alpha value is -3.10. The molecule has 0 saturated carbocycles. The number of anilines is 1. The number of nitrogens with one attached hydrogen (secondary N) is 1. The van der Waals surface area contributed by atoms with Crippen LogP contribution < -0.4 is 5.32 Å². The van der Waals surface area contributed by atoms with Crippen molar-refractivity contribution in [2.45, 2.75) is 39.9 Å². The van der Waals surface area contributed by atoms with Crippen LogP contribution in [0.3, 0.4) is 0 Å². The largest absolute Gasteiger partial charge is 0.416 e. The van der Waals surface area contributed by atoms with Crippen LogP contribution in [0.15, 0.2) is 60.7 Å². The molecule has 0 saturated heterocycles. The maximum absolute atomic E-state index is 13.2. The number of benzene rings is 2. The lowest BCUT2D eigenvalue weighted by atomic mass is 9.92. The van der Waals surface area contributed by atoms with Crippen LogP contribution >= 0.6 is 0 Å². The van der Waals surface area contributed by atoms with E-state index in [1.165, 1.54) is 12.1 Å². The van der Waals surface area contributed by atoms with Crippen molar-refractivity contribution in [3.63, 3.8) is 0 Å². The van der Waals surface area contributed by atoms with Gasteiger partial charge in [0.2, 0.25) is 0 Å². The number of nitrogens with zero attached hydrogens (tertiary/aromatic N) is 3. The third-order valence-corrected chi connectivity index (χ3v) is 6.49. The third-order valence-electron chi connectivity index (χ3n) is 6.49. The number of alkyl halides is 3. The molecule has 1 aromatic heterocycles. The van der Waals surface area contributed by atoms with Crippen molar-refractivity contribution >= 4 is 11.6 Å². The molecule has 0 fully saturated rings. The number of halogens is 3. The maximum Gasteiger partial charge on any atom is 0.416 e. The fourth-order valence-corrected chi connectivity index (χ4v) is 5.20. The number of hydrogen-bond donors (Lipinski definition) is 1. The van der Waals surface area contributed by atoms with Gasteiger partial charge in [-0.15, -0.1) is 0 Å². The van der Waals surface area contributed by atoms with Crippen molar-refractivity contribution in [3.05, 3.63) is 77.5 Å². The van der Waals surface area contributed by atoms with E-state index in [9.17, 15) is 18.0 Å². The minimum Gasteiger partial charge on any atom is -0.344 e. The summed E-state index contributed by atoms with van der Waals surface area (Å²) in [4.78, 5) is 17.7. The summed E-state index contributed by atoms with van der Waals surface area (Å²) in [5, 5.41) is 2.65. The summed E-state index contributed by atoms with van der Waals surface area (Å²) in [5.74, 6) is -0.430. The average molecular weight is 529 g/mol. The van der Waals surface area contributed by atoms with Gasteiger partial charge in [-0.25, -0.2) is 0 Å². The van der Waals surface area contributed by atoms with E-state index >= 15 is 0 Å². The average Bonchev–Trinajstić information content (AvgIpc) is 3.14. The Bertz CT molecular complexity index is 1220. The third kappa shape index (κ3) is 7.95. The first-order valence-electron chi connectivity index (χ1n) is 12.8. The summed E-state index contributed by atoms with van der Waals surface area (Å²) in [6.45, 7) is 9.99. The van der Waals surface area contributed by atoms with Gasteiger partial charge in [0, 0.05) is 36.7 Å². The van der Waals surface area contributed by atoms with Crippen molar-refractivity contribution in [1.82, 2.24) is 14.4 Å². The van der Waals surface area contributed by atoms with E-state index in [0.29, 0.717) is 12.1 Å². The zero-order chi connectivity index (χ0) is 28.1. The number of aromatic nitrogens is 1. The van der Waals surface area contributed by atoms with Crippen molar-refractivity contribution in [1.29, 1.82) is 0 Å². The quantitative estimate of drug-likeness (QED) is 0.303. The molecule has 206 valence electrons. The van der Waals surface area contributed by atoms with Crippen LogP contribution in [0.25, 0.3) is 11.3 Å². The molecule has 0 spiro atoms. The van der Waals surface area contributed by atoms with Crippen molar-refractivity contribution in [3.8, 4) is 11.3 Å². The van der Waals surface area contributed by atoms with Gasteiger partial charge < -0.3 is 19.7 Å². The normalized spacial score (nSPS) is 12.4. The summed E-state index contributed by atoms with van der Waals surface area (Å²) in [6.07, 6.45) is -3.59. The summed E-state index contributed by atoms with van der Waals surface area (Å²) in [5.41, 5.74) is 2.59. The summed E-state index contributed by atoms with van der Waals surface area (Å²) in [7, 11) is 6.30. The number of carbonyl (C=O) groups excluding carboxylic acids is 1. The van der Waals surface area contributed by atoms with E-state index in [4.69, 9.17) is 0 Å². The molecular formula is C30H39F3N4O. The molecule has 38 heavy (non-hydrogen) atoms. The molecule has 1 amide bonds. The molecule has 0 aliphatic heterocycles. The van der Waals surface area contributed by atoms with E-state index in [1.54, 1.807) is 0 Å². The van der Waals surface area contributed by atoms with Crippen molar-refractivity contribution < 1.29 is 18.0 Å². The zero-order valence-corrected chi connectivity index (χ0v) is 23.2. The SMILES string of the molecule is Cc1c(C(=O)Nc2cccc(C(F)(F)F)c2)cc(-c2ccccc2)n1CCCN(C)CC(C)(C)CN(C)C. The van der Waals surface area contributed by atoms with Crippen molar-refractivity contribution in [2.75, 3.05) is 46.1 Å². The first-order valence-corrected chi connectivity index (χ1v) is 12.8. The molecule has 1 heterocycles. The first kappa shape index (κ1) is 29.5. The fourth-order valence-electron chi connectivity index (χ4n) is 5.20. The van der Waals surface area contributed by atoms with Gasteiger partial charge in [-0.05, 0) is 76.3 Å². The Kier molecular flexibility index (Phi) is 9.44. The number of hydrogen-bond acceptors (Lipinski definition) is 3. The molecule has 0 aliphatic carbocycles. The van der Waals surface area contributed by atoms with Gasteiger partial charge in [0.25, 0.3) is 5.91 Å². The molecular weight excluding hydrogens is 489 g/mol. The van der Waals surface area contributed by atoms with Crippen LogP contribution in [0, 0.1) is 12.3 Å². The molecule has 0 radical (unpaired) electrons. The molecule has 2 aromatic carbocycles. The highest BCUT2D eigenvalue weighted by molar-refractivity contribution is 6.06. The van der Waals surface area contributed by atoms with Gasteiger partial charge in [-0.3, -0.25) is 4.79 Å². The van der Waals surface area contributed by atoms with Gasteiger partial charge in [0.1, 0.15) is 0 Å². The second kappa shape index (κ2) is 12.2. The fraction of sp³-hybridized carbons (Fsp3) is 0.433. The Morgan fingerprint density at radius 3 is 2.26 bits per heavy atom. The zero-order valence-electron chi connectivity index (χ0n) is 23.2. The molecule has 0 unspecified atom stereocenters. The van der Waals surface area contributed by atoms with Crippen LogP contribution in [0.2, 0.25) is 0 Å². The Balaban J connectivity index is 1.80. The minimum atomic E-state index is -4.48. The van der Waals surface area contributed by atoms with E-state index in [0.717, 1.165) is 55.1 Å². The minimum absolute atomic E-state index is 0.111. The van der Waals surface area contributed by atoms with Crippen molar-refractivity contribution in [2.24, 2.45) is 5.41 Å². The highest BCUT2D eigenvalue weighted by Crippen LogP contribution is 2.31. The molecule has 0 atom stereocenters. The standard InChI is InChI=1S/C30H39F3N4O/c1-22-26(28(38)34-25-15-10-14-24(18-25)30(31,32)33)19-27(23-12-8-7-9-13-23)37(22)17-11-16-36(6)21-29(2,3)20-35(4)5/h7-10,12-15,18-19H,11,16-17,20-21H2,1-6H3,(H,34,38). The number of carbonyl (C=O) groups is 1. The van der Waals surface area contributed by atoms with Gasteiger partial charge in [0.15, 0.2) is 0 Å². The predicted molar refractivity (Wildman–Crippen MR) is 148 cm³/mol. The van der Waals surface area contributed by atoms with Gasteiger partial charge in [-0.2, -0.15) is 13.2 Å². The summed E-state index contributed by atoms with van der Waals surface area (Å²) >= 11 is 0. The van der Waals surface area contributed by atoms with E-state index < -0.39 is 17.6 Å². The second-order valence-electron chi connectivity index (χ2n) is 11.1. The molecule has 8 heteroatoms. The first-order chi connectivity index (χ1) is 17.8. The Morgan fingerprint density at radius 2 is 1.63 bits per heavy atom. The Morgan fingerprint density at radius 1 is 0.947 bits per heavy atom. The molecule has 0 bridgehead atoms. The molecule has 0 aliphatic rings. The summed E-state index contributed by atoms with van der Waals surface area (Å²) in [6, 6.07) is 16.4. The molecule has 3 rings (SSSR count). The van der Waals surface area contributed by atoms with Gasteiger partial charge in [0.05, 0.1) is 11.1 Å². The van der Waals surface area contributed by atoms with Gasteiger partial charge >= 0.3 is 6.18 Å². The number of amides is 1. The topological polar surface area (TPSA) is 40.5 Å². The van der Waals surface area contributed by atoms with E-state index in [-0.39, 0.29) is 11.1 Å². The van der Waals surface area contributed by atoms with Crippen LogP contribution in [0.4, 0.5) is 18.9 Å². The van der Waals surface area contributed by atoms with Crippen LogP contribution in [0.1, 0.15) is 41.9 Å². The number of rotatable bonds is 11. The lowest BCUT2D eigenvalue weighted by Crippen LogP contribution is -2.39. The lowest BCUT2D eigenvalue weighted by Gasteiger charge is -2.32. The highest BCUT2D eigenvalue weighted by Gasteiger charge is 2.30. The van der Waals surface area contributed by atoms with Crippen LogP contribution in [0.5, 0.6) is 0 Å². The molecule has 5 nitrogen and oxygen atoms in total. The smallest absolute Gasteiger partial charge is 0.344 e. The molecule has 3 aromatic rings. The predicted octanol–water partition coefficient (Wildman–Crippen LogP) is 6.64. The highest BCUT2D eigenvalue weighted by atomic mass is 19.4.